The Kier molecular flexibility index (Phi) is 5.50. The maximum Gasteiger partial charge on any atom is 0.253 e. The second-order valence-corrected chi connectivity index (χ2v) is 8.08. The van der Waals surface area contributed by atoms with E-state index >= 15 is 0 Å². The summed E-state index contributed by atoms with van der Waals surface area (Å²) in [5, 5.41) is 14.3. The number of aromatic hydroxyl groups is 1. The molecule has 0 aliphatic carbocycles. The number of hydrogen-bond acceptors (Lipinski definition) is 4. The summed E-state index contributed by atoms with van der Waals surface area (Å²) in [4.78, 5) is 14.4. The van der Waals surface area contributed by atoms with E-state index in [1.807, 2.05) is 44.2 Å². The topological polar surface area (TPSA) is 61.8 Å². The highest BCUT2D eigenvalue weighted by Crippen LogP contribution is 2.49. The molecule has 0 bridgehead atoms. The highest BCUT2D eigenvalue weighted by Gasteiger charge is 2.42. The fourth-order valence-corrected chi connectivity index (χ4v) is 4.75. The van der Waals surface area contributed by atoms with Gasteiger partial charge in [0.1, 0.15) is 17.1 Å². The van der Waals surface area contributed by atoms with Gasteiger partial charge >= 0.3 is 0 Å². The number of amides is 1. The number of phenols is 1. The van der Waals surface area contributed by atoms with Crippen molar-refractivity contribution in [3.8, 4) is 11.5 Å². The van der Waals surface area contributed by atoms with Gasteiger partial charge in [0, 0.05) is 35.7 Å². The summed E-state index contributed by atoms with van der Waals surface area (Å²) >= 11 is 0. The first-order chi connectivity index (χ1) is 14.1. The largest absolute Gasteiger partial charge is 0.508 e. The monoisotopic (exact) mass is 394 g/mol. The number of phenolic OH excluding ortho intramolecular Hbond substituents is 1. The van der Waals surface area contributed by atoms with Crippen LogP contribution in [0.2, 0.25) is 0 Å². The number of hydrogen-bond donors (Lipinski definition) is 2. The zero-order chi connectivity index (χ0) is 20.4. The van der Waals surface area contributed by atoms with Crippen molar-refractivity contribution in [1.82, 2.24) is 10.2 Å². The van der Waals surface area contributed by atoms with Crippen molar-refractivity contribution in [3.05, 3.63) is 59.2 Å². The quantitative estimate of drug-likeness (QED) is 0.825. The summed E-state index contributed by atoms with van der Waals surface area (Å²) in [5.74, 6) is 1.11. The van der Waals surface area contributed by atoms with Crippen molar-refractivity contribution in [3.63, 3.8) is 0 Å². The molecule has 29 heavy (non-hydrogen) atoms. The maximum absolute atomic E-state index is 12.7. The molecule has 2 aliphatic heterocycles. The molecule has 1 spiro atoms. The molecular weight excluding hydrogens is 364 g/mol. The highest BCUT2D eigenvalue weighted by atomic mass is 16.5. The molecule has 0 aromatic heterocycles. The minimum Gasteiger partial charge on any atom is -0.508 e. The summed E-state index contributed by atoms with van der Waals surface area (Å²) in [6.45, 7) is 7.12. The molecule has 5 nitrogen and oxygen atoms in total. The number of fused-ring (bicyclic) bond motifs is 1. The van der Waals surface area contributed by atoms with Crippen molar-refractivity contribution in [2.75, 3.05) is 26.2 Å². The summed E-state index contributed by atoms with van der Waals surface area (Å²) in [6.07, 6.45) is 2.75. The van der Waals surface area contributed by atoms with Crippen LogP contribution in [-0.2, 0) is 0 Å². The van der Waals surface area contributed by atoms with Crippen LogP contribution in [0.1, 0.15) is 60.5 Å². The number of carbonyl (C=O) groups is 1. The third kappa shape index (κ3) is 3.71. The Bertz CT molecular complexity index is 885. The van der Waals surface area contributed by atoms with E-state index in [4.69, 9.17) is 4.74 Å². The van der Waals surface area contributed by atoms with Gasteiger partial charge in [0.2, 0.25) is 0 Å². The number of carbonyl (C=O) groups excluding carboxylic acids is 1. The van der Waals surface area contributed by atoms with Gasteiger partial charge in [-0.1, -0.05) is 24.3 Å². The molecular formula is C24H30N2O3. The number of ether oxygens (including phenoxy) is 1. The molecule has 2 heterocycles. The SMILES string of the molecule is CCN(CC)C(=O)c1ccc(C2CC3(CCNCC3)Oc3ccccc32)c(O)c1. The number of benzene rings is 2. The van der Waals surface area contributed by atoms with Crippen molar-refractivity contribution in [2.45, 2.75) is 44.6 Å². The van der Waals surface area contributed by atoms with Crippen LogP contribution in [0.25, 0.3) is 0 Å². The van der Waals surface area contributed by atoms with E-state index in [0.29, 0.717) is 18.7 Å². The first-order valence-corrected chi connectivity index (χ1v) is 10.7. The zero-order valence-corrected chi connectivity index (χ0v) is 17.3. The van der Waals surface area contributed by atoms with Crippen LogP contribution in [0.15, 0.2) is 42.5 Å². The van der Waals surface area contributed by atoms with Gasteiger partial charge in [-0.2, -0.15) is 0 Å². The molecule has 4 rings (SSSR count). The van der Waals surface area contributed by atoms with Crippen LogP contribution >= 0.6 is 0 Å². The zero-order valence-electron chi connectivity index (χ0n) is 17.3. The summed E-state index contributed by atoms with van der Waals surface area (Å²) < 4.78 is 6.49. The minimum absolute atomic E-state index is 0.0425. The lowest BCUT2D eigenvalue weighted by Crippen LogP contribution is -2.49. The Labute approximate surface area is 172 Å². The average Bonchev–Trinajstić information content (AvgIpc) is 2.74. The molecule has 5 heteroatoms. The van der Waals surface area contributed by atoms with E-state index in [9.17, 15) is 9.90 Å². The van der Waals surface area contributed by atoms with Gasteiger partial charge in [-0.3, -0.25) is 4.79 Å². The average molecular weight is 395 g/mol. The third-order valence-electron chi connectivity index (χ3n) is 6.42. The number of nitrogens with one attached hydrogen (secondary N) is 1. The molecule has 1 amide bonds. The Balaban J connectivity index is 1.70. The minimum atomic E-state index is -0.202. The molecule has 1 atom stereocenters. The molecule has 1 fully saturated rings. The number of piperidine rings is 1. The van der Waals surface area contributed by atoms with E-state index in [2.05, 4.69) is 11.4 Å². The number of para-hydroxylation sites is 1. The summed E-state index contributed by atoms with van der Waals surface area (Å²) in [6, 6.07) is 13.5. The predicted molar refractivity (Wildman–Crippen MR) is 114 cm³/mol. The van der Waals surface area contributed by atoms with E-state index in [-0.39, 0.29) is 23.2 Å². The molecule has 2 N–H and O–H groups in total. The van der Waals surface area contributed by atoms with Crippen LogP contribution in [0.5, 0.6) is 11.5 Å². The smallest absolute Gasteiger partial charge is 0.253 e. The van der Waals surface area contributed by atoms with Crippen molar-refractivity contribution < 1.29 is 14.6 Å². The predicted octanol–water partition coefficient (Wildman–Crippen LogP) is 3.91. The van der Waals surface area contributed by atoms with E-state index in [1.165, 1.54) is 0 Å². The van der Waals surface area contributed by atoms with Crippen LogP contribution in [-0.4, -0.2) is 47.7 Å². The van der Waals surface area contributed by atoms with E-state index in [1.54, 1.807) is 11.0 Å². The van der Waals surface area contributed by atoms with Crippen LogP contribution in [0.3, 0.4) is 0 Å². The van der Waals surface area contributed by atoms with Crippen molar-refractivity contribution in [2.24, 2.45) is 0 Å². The second-order valence-electron chi connectivity index (χ2n) is 8.08. The third-order valence-corrected chi connectivity index (χ3v) is 6.42. The Morgan fingerprint density at radius 1 is 1.14 bits per heavy atom. The molecule has 1 unspecified atom stereocenters. The van der Waals surface area contributed by atoms with E-state index in [0.717, 1.165) is 49.2 Å². The molecule has 2 aliphatic rings. The summed E-state index contributed by atoms with van der Waals surface area (Å²) in [7, 11) is 0. The van der Waals surface area contributed by atoms with Gasteiger partial charge in [0.05, 0.1) is 0 Å². The van der Waals surface area contributed by atoms with E-state index < -0.39 is 0 Å². The molecule has 0 radical (unpaired) electrons. The van der Waals surface area contributed by atoms with Gasteiger partial charge in [-0.05, 0) is 64.4 Å². The van der Waals surface area contributed by atoms with Crippen LogP contribution in [0, 0.1) is 0 Å². The molecule has 0 saturated carbocycles. The van der Waals surface area contributed by atoms with Crippen molar-refractivity contribution >= 4 is 5.91 Å². The van der Waals surface area contributed by atoms with Gasteiger partial charge in [0.25, 0.3) is 5.91 Å². The second kappa shape index (κ2) is 8.07. The van der Waals surface area contributed by atoms with Crippen LogP contribution in [0.4, 0.5) is 0 Å². The fraction of sp³-hybridized carbons (Fsp3) is 0.458. The molecule has 2 aromatic rings. The lowest BCUT2D eigenvalue weighted by atomic mass is 9.74. The molecule has 154 valence electrons. The maximum atomic E-state index is 12.7. The molecule has 2 aromatic carbocycles. The lowest BCUT2D eigenvalue weighted by molar-refractivity contribution is 0.0112. The van der Waals surface area contributed by atoms with Gasteiger partial charge in [-0.15, -0.1) is 0 Å². The Morgan fingerprint density at radius 2 is 1.86 bits per heavy atom. The van der Waals surface area contributed by atoms with Gasteiger partial charge in [0.15, 0.2) is 0 Å². The Hall–Kier alpha value is -2.53. The lowest BCUT2D eigenvalue weighted by Gasteiger charge is -2.45. The Morgan fingerprint density at radius 3 is 2.55 bits per heavy atom. The number of rotatable bonds is 4. The number of nitrogens with zero attached hydrogens (tertiary/aromatic N) is 1. The summed E-state index contributed by atoms with van der Waals surface area (Å²) in [5.41, 5.74) is 2.31. The normalized spacial score (nSPS) is 20.0. The highest BCUT2D eigenvalue weighted by molar-refractivity contribution is 5.94. The molecule has 1 saturated heterocycles. The fourth-order valence-electron chi connectivity index (χ4n) is 4.75. The van der Waals surface area contributed by atoms with Crippen LogP contribution < -0.4 is 10.1 Å². The first kappa shape index (κ1) is 19.8. The standard InChI is InChI=1S/C24H30N2O3/c1-3-26(4-2)23(28)17-9-10-18(21(27)15-17)20-16-24(11-13-25-14-12-24)29-22-8-6-5-7-19(20)22/h5-10,15,20,25,27H,3-4,11-14,16H2,1-2H3. The first-order valence-electron chi connectivity index (χ1n) is 10.7. The van der Waals surface area contributed by atoms with Gasteiger partial charge < -0.3 is 20.1 Å². The van der Waals surface area contributed by atoms with Gasteiger partial charge in [-0.25, -0.2) is 0 Å². The van der Waals surface area contributed by atoms with Crippen molar-refractivity contribution in [1.29, 1.82) is 0 Å².